The lowest BCUT2D eigenvalue weighted by atomic mass is 9.99. The number of aryl methyl sites for hydroxylation is 2. The van der Waals surface area contributed by atoms with Crippen molar-refractivity contribution in [2.45, 2.75) is 19.2 Å². The monoisotopic (exact) mass is 325 g/mol. The Bertz CT molecular complexity index is 760. The molecule has 0 aliphatic heterocycles. The van der Waals surface area contributed by atoms with Gasteiger partial charge in [-0.1, -0.05) is 46.3 Å². The number of halogens is 1. The van der Waals surface area contributed by atoms with Gasteiger partial charge in [-0.3, -0.25) is 4.98 Å². The van der Waals surface area contributed by atoms with E-state index in [2.05, 4.69) is 76.4 Å². The van der Waals surface area contributed by atoms with Gasteiger partial charge in [-0.25, -0.2) is 0 Å². The Labute approximate surface area is 127 Å². The van der Waals surface area contributed by atoms with Gasteiger partial charge in [0.25, 0.3) is 0 Å². The van der Waals surface area contributed by atoms with E-state index in [4.69, 9.17) is 0 Å². The summed E-state index contributed by atoms with van der Waals surface area (Å²) in [6.45, 7) is 4.16. The van der Waals surface area contributed by atoms with E-state index >= 15 is 0 Å². The molecule has 1 heterocycles. The maximum Gasteiger partial charge on any atom is 0.0734 e. The molecule has 3 rings (SSSR count). The van der Waals surface area contributed by atoms with E-state index in [1.54, 1.807) is 0 Å². The number of hydrogen-bond donors (Lipinski definition) is 0. The Morgan fingerprint density at radius 1 is 0.900 bits per heavy atom. The third kappa shape index (κ3) is 2.48. The summed E-state index contributed by atoms with van der Waals surface area (Å²) in [5, 5.41) is 2.10. The van der Waals surface area contributed by atoms with Crippen LogP contribution in [0.15, 0.2) is 48.5 Å². The van der Waals surface area contributed by atoms with E-state index in [1.807, 2.05) is 6.92 Å². The molecule has 0 N–H and O–H groups in total. The first kappa shape index (κ1) is 13.3. The molecular weight excluding hydrogens is 310 g/mol. The molecule has 1 nitrogen and oxygen atoms in total. The van der Waals surface area contributed by atoms with Crippen molar-refractivity contribution < 1.29 is 0 Å². The fourth-order valence-corrected chi connectivity index (χ4v) is 2.84. The molecule has 20 heavy (non-hydrogen) atoms. The zero-order chi connectivity index (χ0) is 14.1. The van der Waals surface area contributed by atoms with Crippen molar-refractivity contribution >= 4 is 26.8 Å². The predicted molar refractivity (Wildman–Crippen MR) is 89.3 cm³/mol. The number of pyridine rings is 1. The molecule has 0 saturated carbocycles. The molecule has 2 heteroatoms. The molecule has 0 amide bonds. The zero-order valence-corrected chi connectivity index (χ0v) is 13.2. The van der Waals surface area contributed by atoms with Gasteiger partial charge in [0.15, 0.2) is 0 Å². The summed E-state index contributed by atoms with van der Waals surface area (Å²) in [6, 6.07) is 17.3. The maximum absolute atomic E-state index is 4.63. The van der Waals surface area contributed by atoms with Gasteiger partial charge in [-0.05, 0) is 54.3 Å². The van der Waals surface area contributed by atoms with E-state index in [-0.39, 0.29) is 0 Å². The molecule has 0 radical (unpaired) electrons. The normalized spacial score (nSPS) is 10.9. The van der Waals surface area contributed by atoms with Crippen LogP contribution in [0.3, 0.4) is 0 Å². The number of alkyl halides is 1. The van der Waals surface area contributed by atoms with Crippen molar-refractivity contribution in [3.8, 4) is 11.1 Å². The van der Waals surface area contributed by atoms with Gasteiger partial charge < -0.3 is 0 Å². The fraction of sp³-hybridized carbons (Fsp3) is 0.167. The molecule has 100 valence electrons. The summed E-state index contributed by atoms with van der Waals surface area (Å²) >= 11 is 3.48. The van der Waals surface area contributed by atoms with Crippen LogP contribution in [0.4, 0.5) is 0 Å². The lowest BCUT2D eigenvalue weighted by Crippen LogP contribution is -1.89. The van der Waals surface area contributed by atoms with Crippen molar-refractivity contribution in [1.82, 2.24) is 4.98 Å². The summed E-state index contributed by atoms with van der Waals surface area (Å²) in [5.74, 6) is 0. The number of nitrogens with zero attached hydrogens (tertiary/aromatic N) is 1. The summed E-state index contributed by atoms with van der Waals surface area (Å²) in [7, 11) is 0. The van der Waals surface area contributed by atoms with Crippen LogP contribution in [0.1, 0.15) is 16.8 Å². The maximum atomic E-state index is 4.63. The lowest BCUT2D eigenvalue weighted by Gasteiger charge is -2.08. The number of benzene rings is 2. The van der Waals surface area contributed by atoms with Crippen molar-refractivity contribution in [2.24, 2.45) is 0 Å². The highest BCUT2D eigenvalue weighted by molar-refractivity contribution is 9.08. The second-order valence-electron chi connectivity index (χ2n) is 5.15. The average molecular weight is 326 g/mol. The van der Waals surface area contributed by atoms with Crippen LogP contribution >= 0.6 is 15.9 Å². The van der Waals surface area contributed by atoms with Crippen LogP contribution in [0.25, 0.3) is 22.0 Å². The summed E-state index contributed by atoms with van der Waals surface area (Å²) < 4.78 is 0. The van der Waals surface area contributed by atoms with Crippen LogP contribution in [0.2, 0.25) is 0 Å². The van der Waals surface area contributed by atoms with Gasteiger partial charge in [0.2, 0.25) is 0 Å². The van der Waals surface area contributed by atoms with Crippen LogP contribution in [0.5, 0.6) is 0 Å². The molecule has 0 fully saturated rings. The average Bonchev–Trinajstić information content (AvgIpc) is 2.48. The van der Waals surface area contributed by atoms with E-state index in [0.717, 1.165) is 16.5 Å². The standard InChI is InChI=1S/C18H16BrN/c1-12-9-17(15-7-4-14(11-19)5-8-15)10-16-6-3-13(2)20-18(12)16/h3-10H,11H2,1-2H3. The molecule has 0 aliphatic carbocycles. The van der Waals surface area contributed by atoms with Gasteiger partial charge in [0.05, 0.1) is 5.52 Å². The van der Waals surface area contributed by atoms with Crippen LogP contribution < -0.4 is 0 Å². The minimum absolute atomic E-state index is 0.896. The molecule has 0 atom stereocenters. The van der Waals surface area contributed by atoms with Crippen molar-refractivity contribution in [1.29, 1.82) is 0 Å². The Kier molecular flexibility index (Phi) is 3.58. The molecule has 0 bridgehead atoms. The van der Waals surface area contributed by atoms with Gasteiger partial charge in [0.1, 0.15) is 0 Å². The molecule has 1 aromatic heterocycles. The van der Waals surface area contributed by atoms with Crippen molar-refractivity contribution in [3.05, 3.63) is 65.4 Å². The van der Waals surface area contributed by atoms with Crippen molar-refractivity contribution in [2.75, 3.05) is 0 Å². The third-order valence-electron chi connectivity index (χ3n) is 3.56. The summed E-state index contributed by atoms with van der Waals surface area (Å²) in [6.07, 6.45) is 0. The van der Waals surface area contributed by atoms with E-state index in [0.29, 0.717) is 0 Å². The van der Waals surface area contributed by atoms with Crippen molar-refractivity contribution in [3.63, 3.8) is 0 Å². The third-order valence-corrected chi connectivity index (χ3v) is 4.21. The molecule has 2 aromatic carbocycles. The largest absolute Gasteiger partial charge is 0.253 e. The minimum Gasteiger partial charge on any atom is -0.253 e. The first-order chi connectivity index (χ1) is 9.67. The number of aromatic nitrogens is 1. The first-order valence-electron chi connectivity index (χ1n) is 6.70. The highest BCUT2D eigenvalue weighted by Crippen LogP contribution is 2.27. The van der Waals surface area contributed by atoms with Gasteiger partial charge in [-0.15, -0.1) is 0 Å². The number of rotatable bonds is 2. The van der Waals surface area contributed by atoms with Crippen LogP contribution in [-0.2, 0) is 5.33 Å². The topological polar surface area (TPSA) is 12.9 Å². The van der Waals surface area contributed by atoms with Crippen LogP contribution in [0, 0.1) is 13.8 Å². The minimum atomic E-state index is 0.896. The van der Waals surface area contributed by atoms with E-state index in [1.165, 1.54) is 27.6 Å². The Balaban J connectivity index is 2.14. The highest BCUT2D eigenvalue weighted by atomic mass is 79.9. The molecule has 0 unspecified atom stereocenters. The highest BCUT2D eigenvalue weighted by Gasteiger charge is 2.05. The molecule has 3 aromatic rings. The number of hydrogen-bond acceptors (Lipinski definition) is 1. The van der Waals surface area contributed by atoms with E-state index in [9.17, 15) is 0 Å². The Hall–Kier alpha value is -1.67. The lowest BCUT2D eigenvalue weighted by molar-refractivity contribution is 1.24. The molecule has 0 aliphatic rings. The summed E-state index contributed by atoms with van der Waals surface area (Å²) in [5.41, 5.74) is 7.19. The molecule has 0 saturated heterocycles. The SMILES string of the molecule is Cc1ccc2cc(-c3ccc(CBr)cc3)cc(C)c2n1. The van der Waals surface area contributed by atoms with Gasteiger partial charge in [-0.2, -0.15) is 0 Å². The molecule has 0 spiro atoms. The second kappa shape index (κ2) is 5.37. The summed E-state index contributed by atoms with van der Waals surface area (Å²) in [4.78, 5) is 4.63. The Morgan fingerprint density at radius 3 is 2.35 bits per heavy atom. The van der Waals surface area contributed by atoms with Gasteiger partial charge >= 0.3 is 0 Å². The molecular formula is C18H16BrN. The van der Waals surface area contributed by atoms with Gasteiger partial charge in [0, 0.05) is 16.4 Å². The fourth-order valence-electron chi connectivity index (χ4n) is 2.46. The van der Waals surface area contributed by atoms with Crippen LogP contribution in [-0.4, -0.2) is 4.98 Å². The smallest absolute Gasteiger partial charge is 0.0734 e. The Morgan fingerprint density at radius 2 is 1.65 bits per heavy atom. The quantitative estimate of drug-likeness (QED) is 0.574. The predicted octanol–water partition coefficient (Wildman–Crippen LogP) is 5.41. The first-order valence-corrected chi connectivity index (χ1v) is 7.83. The second-order valence-corrected chi connectivity index (χ2v) is 5.71. The van der Waals surface area contributed by atoms with E-state index < -0.39 is 0 Å². The number of fused-ring (bicyclic) bond motifs is 1. The zero-order valence-electron chi connectivity index (χ0n) is 11.7.